The van der Waals surface area contributed by atoms with E-state index in [9.17, 15) is 13.5 Å². The molecule has 0 aliphatic rings. The number of sulfonamides is 1. The molecule has 2 aromatic rings. The van der Waals surface area contributed by atoms with Gasteiger partial charge >= 0.3 is 0 Å². The van der Waals surface area contributed by atoms with Gasteiger partial charge in [0.05, 0.1) is 10.4 Å². The summed E-state index contributed by atoms with van der Waals surface area (Å²) in [7, 11) is -3.63. The Labute approximate surface area is 127 Å². The minimum Gasteiger partial charge on any atom is -0.387 e. The third-order valence-corrected chi connectivity index (χ3v) is 5.97. The summed E-state index contributed by atoms with van der Waals surface area (Å²) in [6.07, 6.45) is -0.888. The fourth-order valence-electron chi connectivity index (χ4n) is 1.77. The lowest BCUT2D eigenvalue weighted by atomic mass is 10.0. The van der Waals surface area contributed by atoms with Crippen LogP contribution in [0.15, 0.2) is 40.6 Å². The van der Waals surface area contributed by atoms with E-state index in [-0.39, 0.29) is 10.8 Å². The molecule has 1 unspecified atom stereocenters. The molecule has 1 aromatic carbocycles. The minimum atomic E-state index is -3.63. The Bertz CT molecular complexity index is 697. The molecule has 0 spiro atoms. The third-order valence-electron chi connectivity index (χ3n) is 2.83. The Morgan fingerprint density at radius 3 is 2.60 bits per heavy atom. The summed E-state index contributed by atoms with van der Waals surface area (Å²) in [5.74, 6) is 0. The van der Waals surface area contributed by atoms with Crippen molar-refractivity contribution in [1.29, 1.82) is 0 Å². The summed E-state index contributed by atoms with van der Waals surface area (Å²) in [5.41, 5.74) is 1.62. The first kappa shape index (κ1) is 15.5. The molecule has 7 heteroatoms. The normalized spacial score (nSPS) is 13.3. The number of nitrogens with one attached hydrogen (secondary N) is 1. The maximum Gasteiger partial charge on any atom is 0.250 e. The van der Waals surface area contributed by atoms with Gasteiger partial charge in [-0.1, -0.05) is 35.9 Å². The largest absolute Gasteiger partial charge is 0.387 e. The van der Waals surface area contributed by atoms with E-state index in [2.05, 4.69) is 4.72 Å². The van der Waals surface area contributed by atoms with Crippen LogP contribution in [0, 0.1) is 6.92 Å². The van der Waals surface area contributed by atoms with Gasteiger partial charge in [-0.3, -0.25) is 0 Å². The van der Waals surface area contributed by atoms with Gasteiger partial charge in [-0.25, -0.2) is 13.1 Å². The number of rotatable bonds is 5. The van der Waals surface area contributed by atoms with Crippen LogP contribution >= 0.6 is 22.9 Å². The summed E-state index contributed by atoms with van der Waals surface area (Å²) in [5, 5.41) is 10.1. The molecule has 0 fully saturated rings. The first-order valence-electron chi connectivity index (χ1n) is 5.89. The highest BCUT2D eigenvalue weighted by Gasteiger charge is 2.19. The van der Waals surface area contributed by atoms with Gasteiger partial charge in [-0.2, -0.15) is 0 Å². The highest BCUT2D eigenvalue weighted by Crippen LogP contribution is 2.25. The van der Waals surface area contributed by atoms with Gasteiger partial charge in [0.2, 0.25) is 10.0 Å². The van der Waals surface area contributed by atoms with Gasteiger partial charge < -0.3 is 5.11 Å². The molecule has 0 amide bonds. The number of hydrogen-bond acceptors (Lipinski definition) is 4. The van der Waals surface area contributed by atoms with Crippen molar-refractivity contribution < 1.29 is 13.5 Å². The van der Waals surface area contributed by atoms with Crippen LogP contribution in [0.2, 0.25) is 4.34 Å². The topological polar surface area (TPSA) is 66.4 Å². The van der Waals surface area contributed by atoms with Gasteiger partial charge in [-0.15, -0.1) is 11.3 Å². The van der Waals surface area contributed by atoms with Crippen molar-refractivity contribution in [3.63, 3.8) is 0 Å². The monoisotopic (exact) mass is 331 g/mol. The van der Waals surface area contributed by atoms with Crippen LogP contribution in [0.1, 0.15) is 17.2 Å². The molecule has 1 aromatic heterocycles. The molecule has 0 bridgehead atoms. The van der Waals surface area contributed by atoms with Gasteiger partial charge in [0.15, 0.2) is 0 Å². The first-order chi connectivity index (χ1) is 9.40. The molecule has 0 saturated carbocycles. The summed E-state index contributed by atoms with van der Waals surface area (Å²) in [6.45, 7) is 1.79. The molecule has 108 valence electrons. The van der Waals surface area contributed by atoms with Crippen molar-refractivity contribution in [2.45, 2.75) is 17.2 Å². The predicted molar refractivity (Wildman–Crippen MR) is 80.7 cm³/mol. The second kappa shape index (κ2) is 6.24. The Kier molecular flexibility index (Phi) is 4.82. The number of benzene rings is 1. The van der Waals surface area contributed by atoms with Gasteiger partial charge in [0.1, 0.15) is 4.21 Å². The van der Waals surface area contributed by atoms with Crippen LogP contribution in [-0.2, 0) is 10.0 Å². The van der Waals surface area contributed by atoms with Crippen LogP contribution in [0.4, 0.5) is 0 Å². The number of aryl methyl sites for hydroxylation is 1. The Hall–Kier alpha value is -0.920. The maximum atomic E-state index is 12.0. The van der Waals surface area contributed by atoms with E-state index in [1.807, 2.05) is 19.1 Å². The lowest BCUT2D eigenvalue weighted by Crippen LogP contribution is -2.28. The molecular weight excluding hydrogens is 318 g/mol. The molecule has 2 rings (SSSR count). The lowest BCUT2D eigenvalue weighted by molar-refractivity contribution is 0.181. The average molecular weight is 332 g/mol. The third kappa shape index (κ3) is 3.59. The molecule has 0 radical (unpaired) electrons. The number of aliphatic hydroxyl groups excluding tert-OH is 1. The maximum absolute atomic E-state index is 12.0. The SMILES string of the molecule is Cc1ccccc1C(O)CNS(=O)(=O)c1ccc(Cl)s1. The van der Waals surface area contributed by atoms with Crippen molar-refractivity contribution >= 4 is 33.0 Å². The predicted octanol–water partition coefficient (Wildman–Crippen LogP) is 2.72. The molecule has 20 heavy (non-hydrogen) atoms. The smallest absolute Gasteiger partial charge is 0.250 e. The Morgan fingerprint density at radius 1 is 1.30 bits per heavy atom. The van der Waals surface area contributed by atoms with Crippen LogP contribution in [0.5, 0.6) is 0 Å². The molecule has 2 N–H and O–H groups in total. The van der Waals surface area contributed by atoms with E-state index in [1.165, 1.54) is 12.1 Å². The molecule has 0 aliphatic heterocycles. The highest BCUT2D eigenvalue weighted by molar-refractivity contribution is 7.91. The summed E-state index contributed by atoms with van der Waals surface area (Å²) < 4.78 is 26.9. The fourth-order valence-corrected chi connectivity index (χ4v) is 4.34. The van der Waals surface area contributed by atoms with Crippen LogP contribution < -0.4 is 4.72 Å². The van der Waals surface area contributed by atoms with Crippen molar-refractivity contribution in [1.82, 2.24) is 4.72 Å². The van der Waals surface area contributed by atoms with Gasteiger partial charge in [0.25, 0.3) is 0 Å². The van der Waals surface area contributed by atoms with E-state index >= 15 is 0 Å². The Morgan fingerprint density at radius 2 is 2.00 bits per heavy atom. The quantitative estimate of drug-likeness (QED) is 0.885. The lowest BCUT2D eigenvalue weighted by Gasteiger charge is -2.14. The molecule has 1 atom stereocenters. The summed E-state index contributed by atoms with van der Waals surface area (Å²) in [4.78, 5) is 0. The molecular formula is C13H14ClNO3S2. The van der Waals surface area contributed by atoms with Crippen molar-refractivity contribution in [3.8, 4) is 0 Å². The number of hydrogen-bond donors (Lipinski definition) is 2. The standard InChI is InChI=1S/C13H14ClNO3S2/c1-9-4-2-3-5-10(9)11(16)8-15-20(17,18)13-7-6-12(14)19-13/h2-7,11,15-16H,8H2,1H3. The second-order valence-electron chi connectivity index (χ2n) is 4.28. The number of halogens is 1. The van der Waals surface area contributed by atoms with Crippen LogP contribution in [0.3, 0.4) is 0 Å². The van der Waals surface area contributed by atoms with E-state index in [1.54, 1.807) is 12.1 Å². The van der Waals surface area contributed by atoms with Crippen molar-refractivity contribution in [2.24, 2.45) is 0 Å². The molecule has 4 nitrogen and oxygen atoms in total. The summed E-state index contributed by atoms with van der Waals surface area (Å²) in [6, 6.07) is 10.3. The van der Waals surface area contributed by atoms with Crippen LogP contribution in [-0.4, -0.2) is 20.1 Å². The molecule has 0 aliphatic carbocycles. The van der Waals surface area contributed by atoms with Crippen molar-refractivity contribution in [3.05, 3.63) is 51.9 Å². The highest BCUT2D eigenvalue weighted by atomic mass is 35.5. The van der Waals surface area contributed by atoms with E-state index in [0.29, 0.717) is 9.90 Å². The first-order valence-corrected chi connectivity index (χ1v) is 8.56. The van der Waals surface area contributed by atoms with Crippen LogP contribution in [0.25, 0.3) is 0 Å². The van der Waals surface area contributed by atoms with E-state index < -0.39 is 16.1 Å². The van der Waals surface area contributed by atoms with E-state index in [0.717, 1.165) is 16.9 Å². The fraction of sp³-hybridized carbons (Fsp3) is 0.231. The van der Waals surface area contributed by atoms with Gasteiger partial charge in [-0.05, 0) is 30.2 Å². The minimum absolute atomic E-state index is 0.0806. The molecule has 1 heterocycles. The van der Waals surface area contributed by atoms with Crippen molar-refractivity contribution in [2.75, 3.05) is 6.54 Å². The Balaban J connectivity index is 2.07. The zero-order chi connectivity index (χ0) is 14.8. The molecule has 0 saturated heterocycles. The van der Waals surface area contributed by atoms with Gasteiger partial charge in [0, 0.05) is 6.54 Å². The van der Waals surface area contributed by atoms with E-state index in [4.69, 9.17) is 11.6 Å². The average Bonchev–Trinajstić information content (AvgIpc) is 2.84. The number of thiophene rings is 1. The summed E-state index contributed by atoms with van der Waals surface area (Å²) >= 11 is 6.70. The zero-order valence-corrected chi connectivity index (χ0v) is 13.1. The zero-order valence-electron chi connectivity index (χ0n) is 10.7. The second-order valence-corrected chi connectivity index (χ2v) is 7.99. The number of aliphatic hydroxyl groups is 1.